The highest BCUT2D eigenvalue weighted by Crippen LogP contribution is 2.38. The Kier molecular flexibility index (Phi) is 6.38. The highest BCUT2D eigenvalue weighted by molar-refractivity contribution is 5.96. The molecule has 1 amide bonds. The van der Waals surface area contributed by atoms with Gasteiger partial charge in [0, 0.05) is 34.3 Å². The Morgan fingerprint density at radius 2 is 2.00 bits per heavy atom. The molecular weight excluding hydrogens is 488 g/mol. The third-order valence-electron chi connectivity index (χ3n) is 8.26. The predicted octanol–water partition coefficient (Wildman–Crippen LogP) is 6.29. The van der Waals surface area contributed by atoms with Crippen LogP contribution in [0.25, 0.3) is 21.9 Å². The maximum atomic E-state index is 14.0. The van der Waals surface area contributed by atoms with Crippen LogP contribution in [-0.2, 0) is 22.4 Å². The monoisotopic (exact) mass is 524 g/mol. The summed E-state index contributed by atoms with van der Waals surface area (Å²) in [5, 5.41) is 16.2. The molecule has 0 radical (unpaired) electrons. The number of allylic oxidation sites excluding steroid dienone is 2. The van der Waals surface area contributed by atoms with Crippen molar-refractivity contribution in [1.29, 1.82) is 0 Å². The summed E-state index contributed by atoms with van der Waals surface area (Å²) in [4.78, 5) is 17.6. The fourth-order valence-electron chi connectivity index (χ4n) is 6.18. The van der Waals surface area contributed by atoms with E-state index in [1.807, 2.05) is 50.3 Å². The van der Waals surface area contributed by atoms with Gasteiger partial charge >= 0.3 is 0 Å². The van der Waals surface area contributed by atoms with E-state index in [0.29, 0.717) is 30.6 Å². The van der Waals surface area contributed by atoms with Crippen molar-refractivity contribution in [1.82, 2.24) is 10.3 Å². The third kappa shape index (κ3) is 4.57. The molecule has 2 atom stereocenters. The number of aromatic amines is 1. The van der Waals surface area contributed by atoms with Crippen LogP contribution in [0.2, 0.25) is 0 Å². The molecule has 0 spiro atoms. The maximum Gasteiger partial charge on any atom is 0.251 e. The first-order valence-electron chi connectivity index (χ1n) is 13.9. The number of carbonyl (C=O) groups excluding carboxylic acids is 1. The quantitative estimate of drug-likeness (QED) is 0.277. The number of benzene rings is 2. The van der Waals surface area contributed by atoms with Crippen molar-refractivity contribution in [2.75, 3.05) is 6.61 Å². The van der Waals surface area contributed by atoms with E-state index in [0.717, 1.165) is 28.7 Å². The normalized spacial score (nSPS) is 21.1. The molecule has 6 nitrogen and oxygen atoms in total. The maximum absolute atomic E-state index is 14.0. The Morgan fingerprint density at radius 3 is 2.77 bits per heavy atom. The molecule has 0 saturated heterocycles. The Morgan fingerprint density at radius 1 is 1.21 bits per heavy atom. The second-order valence-corrected chi connectivity index (χ2v) is 11.5. The number of aromatic nitrogens is 1. The van der Waals surface area contributed by atoms with E-state index in [1.54, 1.807) is 0 Å². The number of H-pyrrole nitrogens is 1. The van der Waals surface area contributed by atoms with E-state index in [2.05, 4.69) is 42.4 Å². The van der Waals surface area contributed by atoms with Gasteiger partial charge in [0.05, 0.1) is 23.8 Å². The van der Waals surface area contributed by atoms with E-state index in [9.17, 15) is 9.90 Å². The second kappa shape index (κ2) is 9.76. The number of aryl methyl sites for hydroxylation is 3. The number of para-hydroxylation sites is 1. The minimum atomic E-state index is -0.749. The van der Waals surface area contributed by atoms with Gasteiger partial charge in [0.1, 0.15) is 17.1 Å². The van der Waals surface area contributed by atoms with E-state index in [-0.39, 0.29) is 24.5 Å². The average Bonchev–Trinajstić information content (AvgIpc) is 3.53. The second-order valence-electron chi connectivity index (χ2n) is 11.5. The number of furan rings is 1. The number of fused-ring (bicyclic) bond motifs is 4. The zero-order valence-corrected chi connectivity index (χ0v) is 23.1. The Labute approximate surface area is 228 Å². The first kappa shape index (κ1) is 25.5. The largest absolute Gasteiger partial charge is 0.491 e. The molecule has 0 saturated carbocycles. The van der Waals surface area contributed by atoms with Crippen LogP contribution in [0.3, 0.4) is 0 Å². The topological polar surface area (TPSA) is 87.5 Å². The summed E-state index contributed by atoms with van der Waals surface area (Å²) in [6.07, 6.45) is 6.33. The van der Waals surface area contributed by atoms with Gasteiger partial charge in [-0.05, 0) is 81.9 Å². The standard InChI is InChI=1S/C33H36N2O4/c1-19(2)38-28-12-11-23(29-16-22-7-5-6-8-27(22)39-29)15-24(28)32(37)35-33(18-36)14-13-26-25(17-33)30-20(3)9-10-21(4)31(30)34-26/h5-12,16,19,23,34,36H,13-15,17-18H2,1-4H3,(H,35,37). The number of carbonyl (C=O) groups is 1. The lowest BCUT2D eigenvalue weighted by atomic mass is 9.79. The molecule has 2 heterocycles. The number of aliphatic hydroxyl groups is 1. The molecule has 3 N–H and O–H groups in total. The van der Waals surface area contributed by atoms with Gasteiger partial charge in [-0.25, -0.2) is 0 Å². The van der Waals surface area contributed by atoms with Crippen molar-refractivity contribution in [2.45, 2.75) is 70.9 Å². The highest BCUT2D eigenvalue weighted by Gasteiger charge is 2.39. The number of hydrogen-bond donors (Lipinski definition) is 3. The molecule has 2 unspecified atom stereocenters. The summed E-state index contributed by atoms with van der Waals surface area (Å²) >= 11 is 0. The van der Waals surface area contributed by atoms with E-state index < -0.39 is 5.54 Å². The average molecular weight is 525 g/mol. The van der Waals surface area contributed by atoms with Gasteiger partial charge in [-0.2, -0.15) is 0 Å². The fraction of sp³-hybridized carbons (Fsp3) is 0.364. The van der Waals surface area contributed by atoms with Crippen molar-refractivity contribution < 1.29 is 19.1 Å². The number of rotatable bonds is 6. The van der Waals surface area contributed by atoms with Gasteiger partial charge in [-0.3, -0.25) is 4.79 Å². The molecule has 6 heteroatoms. The van der Waals surface area contributed by atoms with Crippen molar-refractivity contribution in [3.05, 3.63) is 94.1 Å². The summed E-state index contributed by atoms with van der Waals surface area (Å²) in [7, 11) is 0. The summed E-state index contributed by atoms with van der Waals surface area (Å²) in [6.45, 7) is 8.02. The van der Waals surface area contributed by atoms with Crippen molar-refractivity contribution in [3.63, 3.8) is 0 Å². The van der Waals surface area contributed by atoms with Crippen LogP contribution >= 0.6 is 0 Å². The number of amides is 1. The summed E-state index contributed by atoms with van der Waals surface area (Å²) in [5.41, 5.74) is 6.63. The highest BCUT2D eigenvalue weighted by atomic mass is 16.5. The number of ether oxygens (including phenoxy) is 1. The summed E-state index contributed by atoms with van der Waals surface area (Å²) < 4.78 is 12.2. The fourth-order valence-corrected chi connectivity index (χ4v) is 6.18. The molecule has 0 fully saturated rings. The molecule has 0 bridgehead atoms. The molecule has 2 aromatic carbocycles. The zero-order valence-electron chi connectivity index (χ0n) is 23.1. The molecule has 2 aliphatic carbocycles. The van der Waals surface area contributed by atoms with Crippen LogP contribution in [-0.4, -0.2) is 34.2 Å². The number of aliphatic hydroxyl groups excluding tert-OH is 1. The zero-order chi connectivity index (χ0) is 27.3. The summed E-state index contributed by atoms with van der Waals surface area (Å²) in [6, 6.07) is 14.3. The smallest absolute Gasteiger partial charge is 0.251 e. The van der Waals surface area contributed by atoms with Crippen molar-refractivity contribution in [3.8, 4) is 0 Å². The van der Waals surface area contributed by atoms with Crippen LogP contribution < -0.4 is 5.32 Å². The molecule has 39 heavy (non-hydrogen) atoms. The van der Waals surface area contributed by atoms with Crippen LogP contribution in [0, 0.1) is 13.8 Å². The Bertz CT molecular complexity index is 1600. The number of hydrogen-bond acceptors (Lipinski definition) is 4. The van der Waals surface area contributed by atoms with E-state index >= 15 is 0 Å². The molecule has 0 aliphatic heterocycles. The molecular formula is C33H36N2O4. The molecule has 4 aromatic rings. The minimum Gasteiger partial charge on any atom is -0.491 e. The SMILES string of the molecule is Cc1ccc(C)c2c3c([nH]c12)CCC(CO)(NC(=O)C1=C(OC(C)C)C=CC(c2cc4ccccc4o2)C1)C3. The van der Waals surface area contributed by atoms with Gasteiger partial charge in [-0.15, -0.1) is 0 Å². The van der Waals surface area contributed by atoms with Crippen LogP contribution in [0.5, 0.6) is 0 Å². The lowest BCUT2D eigenvalue weighted by molar-refractivity contribution is -0.120. The lowest BCUT2D eigenvalue weighted by Gasteiger charge is -2.37. The summed E-state index contributed by atoms with van der Waals surface area (Å²) in [5.74, 6) is 1.13. The van der Waals surface area contributed by atoms with Crippen molar-refractivity contribution >= 4 is 27.8 Å². The lowest BCUT2D eigenvalue weighted by Crippen LogP contribution is -2.55. The van der Waals surface area contributed by atoms with Crippen molar-refractivity contribution in [2.24, 2.45) is 0 Å². The van der Waals surface area contributed by atoms with E-state index in [4.69, 9.17) is 9.15 Å². The minimum absolute atomic E-state index is 0.0725. The molecule has 2 aromatic heterocycles. The van der Waals surface area contributed by atoms with Gasteiger partial charge < -0.3 is 24.6 Å². The Hall–Kier alpha value is -3.77. The van der Waals surface area contributed by atoms with Crippen LogP contribution in [0.15, 0.2) is 70.4 Å². The Balaban J connectivity index is 1.31. The third-order valence-corrected chi connectivity index (χ3v) is 8.26. The molecule has 6 rings (SSSR count). The predicted molar refractivity (Wildman–Crippen MR) is 154 cm³/mol. The van der Waals surface area contributed by atoms with Crippen LogP contribution in [0.1, 0.15) is 60.8 Å². The van der Waals surface area contributed by atoms with Gasteiger partial charge in [0.2, 0.25) is 0 Å². The first-order valence-corrected chi connectivity index (χ1v) is 13.9. The van der Waals surface area contributed by atoms with E-state index in [1.165, 1.54) is 27.8 Å². The molecule has 202 valence electrons. The number of nitrogens with one attached hydrogen (secondary N) is 2. The van der Waals surface area contributed by atoms with Gasteiger partial charge in [0.25, 0.3) is 5.91 Å². The van der Waals surface area contributed by atoms with Gasteiger partial charge in [0.15, 0.2) is 0 Å². The van der Waals surface area contributed by atoms with Gasteiger partial charge in [-0.1, -0.05) is 36.4 Å². The first-order chi connectivity index (χ1) is 18.8. The van der Waals surface area contributed by atoms with Crippen LogP contribution in [0.4, 0.5) is 0 Å². The molecule has 2 aliphatic rings.